The Morgan fingerprint density at radius 2 is 1.86 bits per heavy atom. The van der Waals surface area contributed by atoms with E-state index in [0.717, 1.165) is 0 Å². The number of nitrogens with one attached hydrogen (secondary N) is 1. The minimum atomic E-state index is -0.651. The summed E-state index contributed by atoms with van der Waals surface area (Å²) in [7, 11) is 0. The Balaban J connectivity index is 1.68. The highest BCUT2D eigenvalue weighted by molar-refractivity contribution is 6.30. The first-order chi connectivity index (χ1) is 13.6. The third-order valence-electron chi connectivity index (χ3n) is 4.85. The lowest BCUT2D eigenvalue weighted by Gasteiger charge is -2.38. The molecule has 0 radical (unpaired) electrons. The van der Waals surface area contributed by atoms with E-state index in [0.29, 0.717) is 39.0 Å². The maximum atomic E-state index is 13.4. The smallest absolute Gasteiger partial charge is 0.262 e. The predicted octanol–water partition coefficient (Wildman–Crippen LogP) is 4.55. The molecule has 0 fully saturated rings. The van der Waals surface area contributed by atoms with E-state index < -0.39 is 6.17 Å². The largest absolute Gasteiger partial charge is 0.508 e. The number of benzene rings is 3. The van der Waals surface area contributed by atoms with Crippen molar-refractivity contribution >= 4 is 28.9 Å². The number of amides is 1. The van der Waals surface area contributed by atoms with E-state index in [1.807, 2.05) is 18.2 Å². The monoisotopic (exact) mass is 394 g/mol. The molecule has 3 aromatic rings. The minimum absolute atomic E-state index is 0.0415. The maximum absolute atomic E-state index is 13.4. The van der Waals surface area contributed by atoms with Crippen LogP contribution in [0.3, 0.4) is 0 Å². The first kappa shape index (κ1) is 16.8. The summed E-state index contributed by atoms with van der Waals surface area (Å²) >= 11 is 6.16. The van der Waals surface area contributed by atoms with E-state index in [1.54, 1.807) is 41.3 Å². The first-order valence-corrected chi connectivity index (χ1v) is 9.07. The van der Waals surface area contributed by atoms with Crippen LogP contribution in [0.5, 0.6) is 17.2 Å². The van der Waals surface area contributed by atoms with Crippen molar-refractivity contribution in [2.75, 3.05) is 17.0 Å². The van der Waals surface area contributed by atoms with Crippen LogP contribution in [0.25, 0.3) is 0 Å². The second-order valence-electron chi connectivity index (χ2n) is 6.51. The number of hydrogen-bond acceptors (Lipinski definition) is 5. The van der Waals surface area contributed by atoms with E-state index in [9.17, 15) is 9.90 Å². The van der Waals surface area contributed by atoms with Gasteiger partial charge in [0.05, 0.1) is 11.3 Å². The van der Waals surface area contributed by atoms with E-state index in [2.05, 4.69) is 5.32 Å². The molecule has 0 saturated heterocycles. The lowest BCUT2D eigenvalue weighted by atomic mass is 10.0. The Kier molecular flexibility index (Phi) is 3.80. The topological polar surface area (TPSA) is 71.0 Å². The highest BCUT2D eigenvalue weighted by Gasteiger charge is 2.36. The average Bonchev–Trinajstić information content (AvgIpc) is 3.17. The van der Waals surface area contributed by atoms with Gasteiger partial charge in [0.2, 0.25) is 6.79 Å². The van der Waals surface area contributed by atoms with Crippen LogP contribution < -0.4 is 19.7 Å². The highest BCUT2D eigenvalue weighted by Crippen LogP contribution is 2.43. The zero-order chi connectivity index (χ0) is 19.3. The molecule has 3 aromatic carbocycles. The number of fused-ring (bicyclic) bond motifs is 2. The first-order valence-electron chi connectivity index (χ1n) is 8.69. The molecule has 2 N–H and O–H groups in total. The Bertz CT molecular complexity index is 1100. The summed E-state index contributed by atoms with van der Waals surface area (Å²) in [4.78, 5) is 15.0. The van der Waals surface area contributed by atoms with Gasteiger partial charge in [-0.15, -0.1) is 0 Å². The molecule has 1 atom stereocenters. The highest BCUT2D eigenvalue weighted by atomic mass is 35.5. The minimum Gasteiger partial charge on any atom is -0.508 e. The number of rotatable bonds is 2. The van der Waals surface area contributed by atoms with Crippen LogP contribution in [0.1, 0.15) is 22.1 Å². The van der Waals surface area contributed by atoms with Gasteiger partial charge in [-0.05, 0) is 42.5 Å². The third kappa shape index (κ3) is 2.61. The van der Waals surface area contributed by atoms with E-state index >= 15 is 0 Å². The van der Waals surface area contributed by atoms with Gasteiger partial charge in [0.1, 0.15) is 11.9 Å². The van der Waals surface area contributed by atoms with Crippen LogP contribution in [-0.4, -0.2) is 17.8 Å². The number of ether oxygens (including phenoxy) is 2. The van der Waals surface area contributed by atoms with Crippen LogP contribution >= 0.6 is 11.6 Å². The normalized spacial score (nSPS) is 17.2. The average molecular weight is 395 g/mol. The Morgan fingerprint density at radius 1 is 1.04 bits per heavy atom. The van der Waals surface area contributed by atoms with Crippen molar-refractivity contribution in [1.82, 2.24) is 0 Å². The maximum Gasteiger partial charge on any atom is 0.262 e. The van der Waals surface area contributed by atoms with Gasteiger partial charge in [0, 0.05) is 22.3 Å². The van der Waals surface area contributed by atoms with Crippen molar-refractivity contribution in [1.29, 1.82) is 0 Å². The molecule has 0 aliphatic carbocycles. The second kappa shape index (κ2) is 6.35. The molecule has 0 bridgehead atoms. The molecule has 1 unspecified atom stereocenters. The molecule has 1 amide bonds. The summed E-state index contributed by atoms with van der Waals surface area (Å²) in [5.41, 5.74) is 2.33. The van der Waals surface area contributed by atoms with E-state index in [1.165, 1.54) is 6.07 Å². The Labute approximate surface area is 165 Å². The van der Waals surface area contributed by atoms with Gasteiger partial charge in [0.25, 0.3) is 5.91 Å². The lowest BCUT2D eigenvalue weighted by molar-refractivity contribution is 0.0974. The molecule has 2 aliphatic rings. The number of carbonyl (C=O) groups is 1. The number of nitrogens with zero attached hydrogens (tertiary/aromatic N) is 1. The molecular formula is C21H15ClN2O4. The molecule has 5 rings (SSSR count). The molecular weight excluding hydrogens is 380 g/mol. The SMILES string of the molecule is O=C1c2ccccc2NC(c2cc(Cl)ccc2O)N1c1ccc2c(c1)OCO2. The van der Waals surface area contributed by atoms with Gasteiger partial charge >= 0.3 is 0 Å². The summed E-state index contributed by atoms with van der Waals surface area (Å²) in [6.45, 7) is 0.145. The standard InChI is InChI=1S/C21H15ClN2O4/c22-12-5-7-17(25)15(9-12)20-23-16-4-2-1-3-14(16)21(26)24(20)13-6-8-18-19(10-13)28-11-27-18/h1-10,20,23,25H,11H2. The van der Waals surface area contributed by atoms with Gasteiger partial charge in [-0.25, -0.2) is 0 Å². The van der Waals surface area contributed by atoms with Gasteiger partial charge in [-0.1, -0.05) is 23.7 Å². The zero-order valence-electron chi connectivity index (χ0n) is 14.6. The van der Waals surface area contributed by atoms with Gasteiger partial charge in [-0.2, -0.15) is 0 Å². The Morgan fingerprint density at radius 3 is 2.75 bits per heavy atom. The number of anilines is 2. The fraction of sp³-hybridized carbons (Fsp3) is 0.0952. The van der Waals surface area contributed by atoms with Crippen LogP contribution in [0, 0.1) is 0 Å². The lowest BCUT2D eigenvalue weighted by Crippen LogP contribution is -2.43. The molecule has 0 spiro atoms. The number of aromatic hydroxyl groups is 1. The molecule has 0 saturated carbocycles. The molecule has 7 heteroatoms. The number of phenols is 1. The summed E-state index contributed by atoms with van der Waals surface area (Å²) < 4.78 is 10.8. The van der Waals surface area contributed by atoms with Gasteiger partial charge < -0.3 is 19.9 Å². The molecule has 2 heterocycles. The fourth-order valence-electron chi connectivity index (χ4n) is 3.52. The van der Waals surface area contributed by atoms with E-state index in [4.69, 9.17) is 21.1 Å². The van der Waals surface area contributed by atoms with Crippen LogP contribution in [0.15, 0.2) is 60.7 Å². The number of phenolic OH excluding ortho intramolecular Hbond substituents is 1. The number of carbonyl (C=O) groups excluding carboxylic acids is 1. The third-order valence-corrected chi connectivity index (χ3v) is 5.08. The number of halogens is 1. The van der Waals surface area contributed by atoms with Gasteiger partial charge in [-0.3, -0.25) is 9.69 Å². The van der Waals surface area contributed by atoms with Crippen LogP contribution in [-0.2, 0) is 0 Å². The summed E-state index contributed by atoms with van der Waals surface area (Å²) in [5, 5.41) is 14.3. The number of para-hydroxylation sites is 1. The summed E-state index contributed by atoms with van der Waals surface area (Å²) in [6.07, 6.45) is -0.651. The van der Waals surface area contributed by atoms with Crippen LogP contribution in [0.4, 0.5) is 11.4 Å². The molecule has 6 nitrogen and oxygen atoms in total. The molecule has 2 aliphatic heterocycles. The van der Waals surface area contributed by atoms with Gasteiger partial charge in [0.15, 0.2) is 11.5 Å². The summed E-state index contributed by atoms with van der Waals surface area (Å²) in [5.74, 6) is 1.04. The number of hydrogen-bond donors (Lipinski definition) is 2. The van der Waals surface area contributed by atoms with Crippen molar-refractivity contribution in [3.8, 4) is 17.2 Å². The molecule has 140 valence electrons. The molecule has 28 heavy (non-hydrogen) atoms. The fourth-order valence-corrected chi connectivity index (χ4v) is 3.70. The van der Waals surface area contributed by atoms with Crippen LogP contribution in [0.2, 0.25) is 5.02 Å². The van der Waals surface area contributed by atoms with E-state index in [-0.39, 0.29) is 18.4 Å². The quantitative estimate of drug-likeness (QED) is 0.667. The Hall–Kier alpha value is -3.38. The van der Waals surface area contributed by atoms with Crippen molar-refractivity contribution < 1.29 is 19.4 Å². The predicted molar refractivity (Wildman–Crippen MR) is 105 cm³/mol. The molecule has 0 aromatic heterocycles. The van der Waals surface area contributed by atoms with Crippen molar-refractivity contribution in [2.24, 2.45) is 0 Å². The van der Waals surface area contributed by atoms with Crippen molar-refractivity contribution in [2.45, 2.75) is 6.17 Å². The second-order valence-corrected chi connectivity index (χ2v) is 6.94. The zero-order valence-corrected chi connectivity index (χ0v) is 15.3. The summed E-state index contributed by atoms with van der Waals surface area (Å²) in [6, 6.07) is 17.3. The van der Waals surface area contributed by atoms with Crippen molar-refractivity contribution in [3.63, 3.8) is 0 Å². The van der Waals surface area contributed by atoms with Crippen molar-refractivity contribution in [3.05, 3.63) is 76.8 Å².